The van der Waals surface area contributed by atoms with E-state index in [1.54, 1.807) is 24.3 Å². The molecule has 0 fully saturated rings. The first kappa shape index (κ1) is 24.5. The topological polar surface area (TPSA) is 40.5 Å². The van der Waals surface area contributed by atoms with Gasteiger partial charge in [-0.3, -0.25) is 0 Å². The largest absolute Gasteiger partial charge is 0.478 e. The zero-order valence-electron chi connectivity index (χ0n) is 20.8. The van der Waals surface area contributed by atoms with E-state index in [4.69, 9.17) is 0 Å². The molecule has 37 heavy (non-hydrogen) atoms. The quantitative estimate of drug-likeness (QED) is 0.255. The van der Waals surface area contributed by atoms with Gasteiger partial charge in [0.15, 0.2) is 0 Å². The van der Waals surface area contributed by atoms with Gasteiger partial charge in [0.05, 0.1) is 0 Å². The Morgan fingerprint density at radius 1 is 0.811 bits per heavy atom. The van der Waals surface area contributed by atoms with E-state index in [2.05, 4.69) is 102 Å². The molecule has 184 valence electrons. The fourth-order valence-corrected chi connectivity index (χ4v) is 5.58. The lowest BCUT2D eigenvalue weighted by Gasteiger charge is -2.25. The Hall–Kier alpha value is -4.15. The van der Waals surface area contributed by atoms with Crippen LogP contribution in [0.3, 0.4) is 0 Å². The molecule has 1 aliphatic rings. The van der Waals surface area contributed by atoms with Crippen LogP contribution in [0.25, 0.3) is 16.5 Å². The van der Waals surface area contributed by atoms with Crippen LogP contribution in [0, 0.1) is 0 Å². The Kier molecular flexibility index (Phi) is 7.48. The lowest BCUT2D eigenvalue weighted by molar-refractivity contribution is -0.132. The standard InChI is InChI=1S/C33H29NO2S/c1-24(33(35)36)21-25-9-8-10-26(22-25)23-31-19-20-32(37-31)27-15-17-30(18-16-27)34(28-11-4-2-5-12-28)29-13-6-3-7-14-29/h2-7,11-23H,8-10H2,1H3,(H,35,36)/b24-21+,26-23+. The van der Waals surface area contributed by atoms with Gasteiger partial charge in [-0.2, -0.15) is 0 Å². The number of hydrogen-bond donors (Lipinski definition) is 1. The summed E-state index contributed by atoms with van der Waals surface area (Å²) in [6.45, 7) is 1.65. The maximum absolute atomic E-state index is 11.2. The molecule has 1 N–H and O–H groups in total. The van der Waals surface area contributed by atoms with E-state index in [0.29, 0.717) is 5.57 Å². The van der Waals surface area contributed by atoms with E-state index in [-0.39, 0.29) is 0 Å². The highest BCUT2D eigenvalue weighted by atomic mass is 32.1. The first-order valence-electron chi connectivity index (χ1n) is 12.5. The maximum Gasteiger partial charge on any atom is 0.331 e. The second-order valence-electron chi connectivity index (χ2n) is 9.18. The lowest BCUT2D eigenvalue weighted by Crippen LogP contribution is -2.09. The Bertz CT molecular complexity index is 1420. The molecule has 0 saturated heterocycles. The Balaban J connectivity index is 1.38. The number of aliphatic carboxylic acids is 1. The number of carboxylic acids is 1. The summed E-state index contributed by atoms with van der Waals surface area (Å²) in [6, 6.07) is 33.9. The number of rotatable bonds is 7. The van der Waals surface area contributed by atoms with Gasteiger partial charge in [0, 0.05) is 32.4 Å². The number of para-hydroxylation sites is 2. The number of thiophene rings is 1. The van der Waals surface area contributed by atoms with Crippen LogP contribution in [0.5, 0.6) is 0 Å². The Morgan fingerprint density at radius 3 is 2.05 bits per heavy atom. The van der Waals surface area contributed by atoms with Gasteiger partial charge in [0.2, 0.25) is 0 Å². The molecule has 0 unspecified atom stereocenters. The third-order valence-corrected chi connectivity index (χ3v) is 7.52. The zero-order valence-corrected chi connectivity index (χ0v) is 21.6. The van der Waals surface area contributed by atoms with Crippen LogP contribution in [-0.2, 0) is 4.79 Å². The van der Waals surface area contributed by atoms with Crippen LogP contribution in [-0.4, -0.2) is 11.1 Å². The summed E-state index contributed by atoms with van der Waals surface area (Å²) in [5.41, 5.74) is 7.28. The van der Waals surface area contributed by atoms with Crippen molar-refractivity contribution in [2.24, 2.45) is 0 Å². The van der Waals surface area contributed by atoms with Crippen molar-refractivity contribution in [2.75, 3.05) is 4.90 Å². The van der Waals surface area contributed by atoms with Crippen LogP contribution < -0.4 is 4.90 Å². The van der Waals surface area contributed by atoms with Gasteiger partial charge in [-0.05, 0) is 104 Å². The number of nitrogens with zero attached hydrogens (tertiary/aromatic N) is 1. The van der Waals surface area contributed by atoms with E-state index in [9.17, 15) is 9.90 Å². The fourth-order valence-electron chi connectivity index (χ4n) is 4.59. The second kappa shape index (κ2) is 11.3. The molecule has 0 bridgehead atoms. The highest BCUT2D eigenvalue weighted by molar-refractivity contribution is 7.16. The first-order valence-corrected chi connectivity index (χ1v) is 13.3. The molecule has 3 nitrogen and oxygen atoms in total. The molecule has 0 aliphatic heterocycles. The minimum atomic E-state index is -0.860. The summed E-state index contributed by atoms with van der Waals surface area (Å²) in [5, 5.41) is 9.18. The van der Waals surface area contributed by atoms with Crippen LogP contribution in [0.1, 0.15) is 31.1 Å². The third kappa shape index (κ3) is 5.99. The normalized spacial score (nSPS) is 14.9. The third-order valence-electron chi connectivity index (χ3n) is 6.43. The van der Waals surface area contributed by atoms with Gasteiger partial charge in [-0.25, -0.2) is 4.79 Å². The molecular formula is C33H29NO2S. The molecule has 1 aliphatic carbocycles. The van der Waals surface area contributed by atoms with Crippen molar-refractivity contribution in [1.82, 2.24) is 0 Å². The highest BCUT2D eigenvalue weighted by Gasteiger charge is 2.13. The molecule has 5 rings (SSSR count). The van der Waals surface area contributed by atoms with Crippen molar-refractivity contribution in [1.29, 1.82) is 0 Å². The predicted octanol–water partition coefficient (Wildman–Crippen LogP) is 9.41. The van der Waals surface area contributed by atoms with E-state index >= 15 is 0 Å². The second-order valence-corrected chi connectivity index (χ2v) is 10.3. The number of anilines is 3. The van der Waals surface area contributed by atoms with E-state index in [1.165, 1.54) is 20.9 Å². The molecule has 0 saturated carbocycles. The Labute approximate surface area is 222 Å². The number of allylic oxidation sites excluding steroid dienone is 4. The van der Waals surface area contributed by atoms with Crippen molar-refractivity contribution in [3.8, 4) is 10.4 Å². The lowest BCUT2D eigenvalue weighted by atomic mass is 9.93. The summed E-state index contributed by atoms with van der Waals surface area (Å²) >= 11 is 1.78. The van der Waals surface area contributed by atoms with Gasteiger partial charge in [0.25, 0.3) is 0 Å². The first-order chi connectivity index (χ1) is 18.1. The minimum absolute atomic E-state index is 0.382. The molecular weight excluding hydrogens is 474 g/mol. The van der Waals surface area contributed by atoms with Crippen molar-refractivity contribution in [2.45, 2.75) is 26.2 Å². The molecule has 0 spiro atoms. The van der Waals surface area contributed by atoms with Crippen molar-refractivity contribution in [3.05, 3.63) is 131 Å². The molecule has 0 atom stereocenters. The number of carbonyl (C=O) groups is 1. The number of benzene rings is 3. The van der Waals surface area contributed by atoms with Gasteiger partial charge in [0.1, 0.15) is 0 Å². The molecule has 3 aromatic carbocycles. The average Bonchev–Trinajstić information content (AvgIpc) is 3.39. The summed E-state index contributed by atoms with van der Waals surface area (Å²) in [7, 11) is 0. The van der Waals surface area contributed by atoms with E-state index in [1.807, 2.05) is 12.1 Å². The van der Waals surface area contributed by atoms with Gasteiger partial charge >= 0.3 is 5.97 Å². The van der Waals surface area contributed by atoms with Crippen LogP contribution in [0.4, 0.5) is 17.1 Å². The fraction of sp³-hybridized carbons (Fsp3) is 0.121. The van der Waals surface area contributed by atoms with Gasteiger partial charge < -0.3 is 10.0 Å². The van der Waals surface area contributed by atoms with Crippen molar-refractivity contribution >= 4 is 40.4 Å². The molecule has 1 heterocycles. The Morgan fingerprint density at radius 2 is 1.43 bits per heavy atom. The molecule has 0 radical (unpaired) electrons. The van der Waals surface area contributed by atoms with E-state index < -0.39 is 5.97 Å². The number of carboxylic acid groups (broad SMARTS) is 1. The van der Waals surface area contributed by atoms with Crippen molar-refractivity contribution < 1.29 is 9.90 Å². The van der Waals surface area contributed by atoms with Crippen LogP contribution in [0.15, 0.2) is 126 Å². The van der Waals surface area contributed by atoms with Crippen LogP contribution >= 0.6 is 11.3 Å². The number of hydrogen-bond acceptors (Lipinski definition) is 3. The SMILES string of the molecule is C/C(=C\C1=CC(=C/c2ccc(-c3ccc(N(c4ccccc4)c4ccccc4)cc3)s2)/CCC1)C(=O)O. The van der Waals surface area contributed by atoms with Gasteiger partial charge in [-0.15, -0.1) is 11.3 Å². The zero-order chi connectivity index (χ0) is 25.6. The summed E-state index contributed by atoms with van der Waals surface area (Å²) in [5.74, 6) is -0.860. The highest BCUT2D eigenvalue weighted by Crippen LogP contribution is 2.37. The maximum atomic E-state index is 11.2. The smallest absolute Gasteiger partial charge is 0.331 e. The summed E-state index contributed by atoms with van der Waals surface area (Å²) < 4.78 is 0. The average molecular weight is 504 g/mol. The van der Waals surface area contributed by atoms with Crippen LogP contribution in [0.2, 0.25) is 0 Å². The monoisotopic (exact) mass is 503 g/mol. The molecule has 0 amide bonds. The molecule has 4 heteroatoms. The minimum Gasteiger partial charge on any atom is -0.478 e. The predicted molar refractivity (Wildman–Crippen MR) is 156 cm³/mol. The summed E-state index contributed by atoms with van der Waals surface area (Å²) in [4.78, 5) is 15.9. The molecule has 1 aromatic heterocycles. The van der Waals surface area contributed by atoms with Crippen molar-refractivity contribution in [3.63, 3.8) is 0 Å². The summed E-state index contributed by atoms with van der Waals surface area (Å²) in [6.07, 6.45) is 9.15. The van der Waals surface area contributed by atoms with Gasteiger partial charge in [-0.1, -0.05) is 54.6 Å². The molecule has 4 aromatic rings. The van der Waals surface area contributed by atoms with E-state index in [0.717, 1.165) is 41.9 Å².